The molecule has 1 saturated carbocycles. The third kappa shape index (κ3) is 2.22. The van der Waals surface area contributed by atoms with Crippen LogP contribution < -0.4 is 10.6 Å². The van der Waals surface area contributed by atoms with Gasteiger partial charge >= 0.3 is 0 Å². The highest BCUT2D eigenvalue weighted by Crippen LogP contribution is 2.35. The summed E-state index contributed by atoms with van der Waals surface area (Å²) in [6, 6.07) is 5.18. The van der Waals surface area contributed by atoms with Crippen molar-refractivity contribution in [1.82, 2.24) is 0 Å². The summed E-state index contributed by atoms with van der Waals surface area (Å²) in [6.07, 6.45) is 3.47. The number of nitrogen functional groups attached to an aromatic ring is 1. The summed E-state index contributed by atoms with van der Waals surface area (Å²) in [7, 11) is 0. The van der Waals surface area contributed by atoms with Crippen LogP contribution in [0.15, 0.2) is 18.2 Å². The highest BCUT2D eigenvalue weighted by molar-refractivity contribution is 5.68. The van der Waals surface area contributed by atoms with E-state index < -0.39 is 0 Å². The molecule has 2 N–H and O–H groups in total. The van der Waals surface area contributed by atoms with Gasteiger partial charge in [0, 0.05) is 12.6 Å². The molecule has 0 spiro atoms. The Hall–Kier alpha value is -1.25. The van der Waals surface area contributed by atoms with Gasteiger partial charge < -0.3 is 10.6 Å². The molecular weight excluding hydrogens is 191 g/mol. The number of hydrogen-bond acceptors (Lipinski definition) is 2. The van der Waals surface area contributed by atoms with E-state index in [-0.39, 0.29) is 5.82 Å². The molecule has 0 aromatic heterocycles. The lowest BCUT2D eigenvalue weighted by Crippen LogP contribution is -2.27. The van der Waals surface area contributed by atoms with Gasteiger partial charge in [0.1, 0.15) is 5.82 Å². The molecule has 0 saturated heterocycles. The van der Waals surface area contributed by atoms with Gasteiger partial charge in [0.2, 0.25) is 0 Å². The molecule has 1 fully saturated rings. The predicted molar refractivity (Wildman–Crippen MR) is 61.5 cm³/mol. The van der Waals surface area contributed by atoms with Gasteiger partial charge in [-0.05, 0) is 37.5 Å². The molecule has 3 heteroatoms. The molecule has 1 aliphatic rings. The van der Waals surface area contributed by atoms with Gasteiger partial charge in [0.15, 0.2) is 0 Å². The van der Waals surface area contributed by atoms with E-state index in [1.54, 1.807) is 12.1 Å². The quantitative estimate of drug-likeness (QED) is 0.771. The average Bonchev–Trinajstić information content (AvgIpc) is 3.02. The lowest BCUT2D eigenvalue weighted by atomic mass is 10.2. The Balaban J connectivity index is 2.27. The van der Waals surface area contributed by atoms with Crippen molar-refractivity contribution in [3.05, 3.63) is 24.0 Å². The molecule has 0 atom stereocenters. The molecule has 2 rings (SSSR count). The number of rotatable bonds is 4. The van der Waals surface area contributed by atoms with Crippen LogP contribution in [0.25, 0.3) is 0 Å². The smallest absolute Gasteiger partial charge is 0.125 e. The van der Waals surface area contributed by atoms with Crippen molar-refractivity contribution >= 4 is 11.4 Å². The van der Waals surface area contributed by atoms with Crippen LogP contribution in [0.4, 0.5) is 15.8 Å². The number of nitrogens with two attached hydrogens (primary N) is 1. The Morgan fingerprint density at radius 2 is 2.20 bits per heavy atom. The molecule has 0 heterocycles. The zero-order chi connectivity index (χ0) is 10.8. The second-order valence-corrected chi connectivity index (χ2v) is 4.13. The molecule has 0 radical (unpaired) electrons. The molecule has 0 aliphatic heterocycles. The number of nitrogens with zero attached hydrogens (tertiary/aromatic N) is 1. The van der Waals surface area contributed by atoms with E-state index in [4.69, 9.17) is 5.73 Å². The molecule has 1 aliphatic carbocycles. The molecule has 1 aromatic carbocycles. The summed E-state index contributed by atoms with van der Waals surface area (Å²) in [5.41, 5.74) is 7.42. The van der Waals surface area contributed by atoms with Gasteiger partial charge in [-0.25, -0.2) is 4.39 Å². The fraction of sp³-hybridized carbons (Fsp3) is 0.500. The first kappa shape index (κ1) is 10.3. The van der Waals surface area contributed by atoms with Crippen molar-refractivity contribution in [1.29, 1.82) is 0 Å². The van der Waals surface area contributed by atoms with Gasteiger partial charge in [-0.1, -0.05) is 6.92 Å². The Morgan fingerprint density at radius 1 is 1.47 bits per heavy atom. The first-order valence-corrected chi connectivity index (χ1v) is 5.54. The standard InChI is InChI=1S/C12H17FN2/c1-2-7-15(10-4-5-10)12-8-9(13)3-6-11(12)14/h3,6,8,10H,2,4-5,7,14H2,1H3. The summed E-state index contributed by atoms with van der Waals surface area (Å²) in [5.74, 6) is -0.207. The summed E-state index contributed by atoms with van der Waals surface area (Å²) >= 11 is 0. The second-order valence-electron chi connectivity index (χ2n) is 4.13. The fourth-order valence-corrected chi connectivity index (χ4v) is 1.89. The third-order valence-electron chi connectivity index (χ3n) is 2.75. The van der Waals surface area contributed by atoms with E-state index in [0.29, 0.717) is 11.7 Å². The molecule has 2 nitrogen and oxygen atoms in total. The van der Waals surface area contributed by atoms with Crippen LogP contribution in [0, 0.1) is 5.82 Å². The minimum Gasteiger partial charge on any atom is -0.397 e. The van der Waals surface area contributed by atoms with Crippen molar-refractivity contribution in [3.8, 4) is 0 Å². The largest absolute Gasteiger partial charge is 0.397 e. The highest BCUT2D eigenvalue weighted by Gasteiger charge is 2.29. The van der Waals surface area contributed by atoms with Crippen LogP contribution >= 0.6 is 0 Å². The minimum absolute atomic E-state index is 0.207. The van der Waals surface area contributed by atoms with Crippen molar-refractivity contribution in [2.24, 2.45) is 0 Å². The number of halogens is 1. The van der Waals surface area contributed by atoms with Gasteiger partial charge in [0.05, 0.1) is 11.4 Å². The van der Waals surface area contributed by atoms with Crippen LogP contribution in [-0.4, -0.2) is 12.6 Å². The Bertz CT molecular complexity index is 347. The Labute approximate surface area is 89.9 Å². The van der Waals surface area contributed by atoms with Crippen LogP contribution in [0.1, 0.15) is 26.2 Å². The van der Waals surface area contributed by atoms with Crippen LogP contribution in [0.2, 0.25) is 0 Å². The van der Waals surface area contributed by atoms with E-state index in [0.717, 1.165) is 18.7 Å². The maximum absolute atomic E-state index is 13.1. The maximum Gasteiger partial charge on any atom is 0.125 e. The van der Waals surface area contributed by atoms with E-state index in [2.05, 4.69) is 11.8 Å². The Morgan fingerprint density at radius 3 is 2.80 bits per heavy atom. The lowest BCUT2D eigenvalue weighted by molar-refractivity contribution is 0.626. The lowest BCUT2D eigenvalue weighted by Gasteiger charge is -2.25. The average molecular weight is 208 g/mol. The van der Waals surface area contributed by atoms with E-state index in [1.165, 1.54) is 18.9 Å². The first-order valence-electron chi connectivity index (χ1n) is 5.54. The summed E-state index contributed by atoms with van der Waals surface area (Å²) in [5, 5.41) is 0. The second kappa shape index (κ2) is 4.09. The molecule has 0 unspecified atom stereocenters. The summed E-state index contributed by atoms with van der Waals surface area (Å²) in [6.45, 7) is 3.09. The van der Waals surface area contributed by atoms with E-state index in [1.807, 2.05) is 0 Å². The zero-order valence-electron chi connectivity index (χ0n) is 9.04. The maximum atomic E-state index is 13.1. The molecule has 15 heavy (non-hydrogen) atoms. The number of anilines is 2. The number of benzene rings is 1. The minimum atomic E-state index is -0.207. The van der Waals surface area contributed by atoms with Crippen LogP contribution in [0.3, 0.4) is 0 Å². The van der Waals surface area contributed by atoms with Crippen LogP contribution in [0.5, 0.6) is 0 Å². The molecule has 82 valence electrons. The highest BCUT2D eigenvalue weighted by atomic mass is 19.1. The van der Waals surface area contributed by atoms with Gasteiger partial charge in [0.25, 0.3) is 0 Å². The fourth-order valence-electron chi connectivity index (χ4n) is 1.89. The summed E-state index contributed by atoms with van der Waals surface area (Å²) in [4.78, 5) is 2.23. The van der Waals surface area contributed by atoms with Gasteiger partial charge in [-0.2, -0.15) is 0 Å². The molecule has 1 aromatic rings. The van der Waals surface area contributed by atoms with Crippen molar-refractivity contribution in [2.75, 3.05) is 17.2 Å². The summed E-state index contributed by atoms with van der Waals surface area (Å²) < 4.78 is 13.1. The van der Waals surface area contributed by atoms with Crippen molar-refractivity contribution in [2.45, 2.75) is 32.2 Å². The molecule has 0 amide bonds. The predicted octanol–water partition coefficient (Wildman–Crippen LogP) is 2.79. The molecular formula is C12H17FN2. The van der Waals surface area contributed by atoms with Gasteiger partial charge in [-0.3, -0.25) is 0 Å². The third-order valence-corrected chi connectivity index (χ3v) is 2.75. The molecule has 0 bridgehead atoms. The van der Waals surface area contributed by atoms with E-state index in [9.17, 15) is 4.39 Å². The normalized spacial score (nSPS) is 15.3. The van der Waals surface area contributed by atoms with E-state index >= 15 is 0 Å². The number of hydrogen-bond donors (Lipinski definition) is 1. The van der Waals surface area contributed by atoms with Crippen LogP contribution in [-0.2, 0) is 0 Å². The monoisotopic (exact) mass is 208 g/mol. The van der Waals surface area contributed by atoms with Crippen molar-refractivity contribution < 1.29 is 4.39 Å². The topological polar surface area (TPSA) is 29.3 Å². The first-order chi connectivity index (χ1) is 7.22. The van der Waals surface area contributed by atoms with Crippen molar-refractivity contribution in [3.63, 3.8) is 0 Å². The zero-order valence-corrected chi connectivity index (χ0v) is 9.04. The Kier molecular flexibility index (Phi) is 2.80. The SMILES string of the molecule is CCCN(c1cc(F)ccc1N)C1CC1. The van der Waals surface area contributed by atoms with Gasteiger partial charge in [-0.15, -0.1) is 0 Å².